The summed E-state index contributed by atoms with van der Waals surface area (Å²) in [5.74, 6) is 0.128. The standard InChI is InChI=1S/C16H27N9O5S2/c17-6-10-2-1-5-25(9-10)12-3-4-13(32(29,30)20-8-11(26)7-18)15(31(19,27)28)14(12)16-21-23-24-22-16/h3-4,10-11,20,26H,1-2,5-9,17-18H2,(H2,19,27,28)(H,21,22,23,24)/t10-,11?/m0/s1. The number of hydrogen-bond donors (Lipinski definition) is 6. The fourth-order valence-electron chi connectivity index (χ4n) is 3.65. The largest absolute Gasteiger partial charge is 0.390 e. The molecule has 178 valence electrons. The highest BCUT2D eigenvalue weighted by Crippen LogP contribution is 2.39. The van der Waals surface area contributed by atoms with Crippen LogP contribution in [-0.2, 0) is 20.0 Å². The summed E-state index contributed by atoms with van der Waals surface area (Å²) in [4.78, 5) is 0.667. The van der Waals surface area contributed by atoms with Gasteiger partial charge in [-0.2, -0.15) is 0 Å². The molecule has 0 radical (unpaired) electrons. The number of anilines is 1. The normalized spacial score (nSPS) is 18.6. The number of tetrazole rings is 1. The third-order valence-electron chi connectivity index (χ3n) is 5.23. The molecule has 9 N–H and O–H groups in total. The number of aromatic amines is 1. The molecule has 1 unspecified atom stereocenters. The van der Waals surface area contributed by atoms with Crippen LogP contribution in [0.25, 0.3) is 11.4 Å². The first-order valence-corrected chi connectivity index (χ1v) is 12.9. The van der Waals surface area contributed by atoms with E-state index in [2.05, 4.69) is 25.3 Å². The monoisotopic (exact) mass is 489 g/mol. The first kappa shape index (κ1) is 24.4. The van der Waals surface area contributed by atoms with Crippen molar-refractivity contribution in [2.45, 2.75) is 28.7 Å². The number of primary sulfonamides is 1. The van der Waals surface area contributed by atoms with Crippen LogP contribution in [0.1, 0.15) is 12.8 Å². The van der Waals surface area contributed by atoms with Crippen molar-refractivity contribution in [3.63, 3.8) is 0 Å². The van der Waals surface area contributed by atoms with Gasteiger partial charge in [-0.15, -0.1) is 5.10 Å². The Morgan fingerprint density at radius 3 is 2.62 bits per heavy atom. The summed E-state index contributed by atoms with van der Waals surface area (Å²) < 4.78 is 53.4. The van der Waals surface area contributed by atoms with Gasteiger partial charge in [-0.05, 0) is 47.9 Å². The third kappa shape index (κ3) is 5.22. The number of sulfonamides is 2. The van der Waals surface area contributed by atoms with Gasteiger partial charge in [0.2, 0.25) is 20.0 Å². The number of hydrogen-bond acceptors (Lipinski definition) is 11. The molecule has 2 heterocycles. The lowest BCUT2D eigenvalue weighted by Crippen LogP contribution is -2.39. The smallest absolute Gasteiger partial charge is 0.242 e. The molecular weight excluding hydrogens is 462 g/mol. The van der Waals surface area contributed by atoms with E-state index < -0.39 is 42.5 Å². The average molecular weight is 490 g/mol. The van der Waals surface area contributed by atoms with Crippen molar-refractivity contribution in [3.8, 4) is 11.4 Å². The van der Waals surface area contributed by atoms with Crippen molar-refractivity contribution in [1.82, 2.24) is 25.3 Å². The molecule has 3 rings (SSSR count). The number of nitrogens with two attached hydrogens (primary N) is 3. The van der Waals surface area contributed by atoms with Gasteiger partial charge in [-0.3, -0.25) is 0 Å². The summed E-state index contributed by atoms with van der Waals surface area (Å²) in [6, 6.07) is 2.64. The van der Waals surface area contributed by atoms with E-state index in [9.17, 15) is 21.9 Å². The van der Waals surface area contributed by atoms with Crippen LogP contribution in [0.5, 0.6) is 0 Å². The Morgan fingerprint density at radius 1 is 1.28 bits per heavy atom. The van der Waals surface area contributed by atoms with Crippen molar-refractivity contribution in [3.05, 3.63) is 12.1 Å². The third-order valence-corrected chi connectivity index (χ3v) is 7.82. The lowest BCUT2D eigenvalue weighted by atomic mass is 9.97. The lowest BCUT2D eigenvalue weighted by Gasteiger charge is -2.35. The van der Waals surface area contributed by atoms with Crippen molar-refractivity contribution in [2.24, 2.45) is 22.5 Å². The minimum atomic E-state index is -4.57. The quantitative estimate of drug-likeness (QED) is 0.212. The number of H-pyrrole nitrogens is 1. The molecule has 1 aliphatic heterocycles. The van der Waals surface area contributed by atoms with Gasteiger partial charge in [-0.1, -0.05) is 0 Å². The molecule has 1 fully saturated rings. The second kappa shape index (κ2) is 9.74. The van der Waals surface area contributed by atoms with Gasteiger partial charge >= 0.3 is 0 Å². The van der Waals surface area contributed by atoms with Crippen LogP contribution in [0.2, 0.25) is 0 Å². The summed E-state index contributed by atoms with van der Waals surface area (Å²) in [5, 5.41) is 28.4. The zero-order valence-corrected chi connectivity index (χ0v) is 18.8. The summed E-state index contributed by atoms with van der Waals surface area (Å²) in [5.41, 5.74) is 11.5. The Labute approximate surface area is 185 Å². The number of piperidine rings is 1. The molecule has 2 atom stereocenters. The Bertz CT molecular complexity index is 1140. The Hall–Kier alpha value is -2.21. The summed E-state index contributed by atoms with van der Waals surface area (Å²) in [6.07, 6.45) is 0.592. The molecule has 0 bridgehead atoms. The molecule has 32 heavy (non-hydrogen) atoms. The molecule has 0 saturated carbocycles. The van der Waals surface area contributed by atoms with Gasteiger partial charge in [0.15, 0.2) is 5.82 Å². The zero-order valence-electron chi connectivity index (χ0n) is 17.2. The van der Waals surface area contributed by atoms with Gasteiger partial charge in [0.05, 0.1) is 11.7 Å². The first-order chi connectivity index (χ1) is 15.1. The molecule has 0 aliphatic carbocycles. The maximum Gasteiger partial charge on any atom is 0.242 e. The SMILES string of the molecule is NCC(O)CNS(=O)(=O)c1ccc(N2CCC[C@@H](CN)C2)c(-c2nnn[nH]2)c1S(N)(=O)=O. The van der Waals surface area contributed by atoms with E-state index in [0.717, 1.165) is 18.9 Å². The van der Waals surface area contributed by atoms with Gasteiger partial charge in [0.25, 0.3) is 0 Å². The summed E-state index contributed by atoms with van der Waals surface area (Å²) >= 11 is 0. The molecule has 2 aromatic rings. The van der Waals surface area contributed by atoms with E-state index in [0.29, 0.717) is 25.3 Å². The highest BCUT2D eigenvalue weighted by molar-refractivity contribution is 7.92. The lowest BCUT2D eigenvalue weighted by molar-refractivity contribution is 0.186. The van der Waals surface area contributed by atoms with Crippen LogP contribution >= 0.6 is 0 Å². The number of rotatable bonds is 9. The van der Waals surface area contributed by atoms with Gasteiger partial charge in [0, 0.05) is 31.9 Å². The topological polar surface area (TPSA) is 236 Å². The minimum absolute atomic E-state index is 0.0575. The van der Waals surface area contributed by atoms with E-state index >= 15 is 0 Å². The molecule has 0 spiro atoms. The second-order valence-electron chi connectivity index (χ2n) is 7.51. The van der Waals surface area contributed by atoms with E-state index in [1.807, 2.05) is 4.90 Å². The molecule has 1 aromatic carbocycles. The molecule has 0 amide bonds. The van der Waals surface area contributed by atoms with E-state index in [-0.39, 0.29) is 23.9 Å². The van der Waals surface area contributed by atoms with Crippen molar-refractivity contribution >= 4 is 25.7 Å². The van der Waals surface area contributed by atoms with Gasteiger partial charge in [0.1, 0.15) is 9.79 Å². The van der Waals surface area contributed by atoms with E-state index in [1.54, 1.807) is 0 Å². The van der Waals surface area contributed by atoms with Crippen LogP contribution in [0.4, 0.5) is 5.69 Å². The predicted molar refractivity (Wildman–Crippen MR) is 115 cm³/mol. The number of benzene rings is 1. The molecule has 1 aliphatic rings. The maximum atomic E-state index is 13.0. The van der Waals surface area contributed by atoms with Crippen LogP contribution in [-0.4, -0.2) is 81.4 Å². The second-order valence-corrected chi connectivity index (χ2v) is 10.7. The van der Waals surface area contributed by atoms with Crippen molar-refractivity contribution in [2.75, 3.05) is 37.6 Å². The first-order valence-electron chi connectivity index (χ1n) is 9.85. The summed E-state index contributed by atoms with van der Waals surface area (Å²) in [7, 11) is -8.97. The predicted octanol–water partition coefficient (Wildman–Crippen LogP) is -2.71. The number of aromatic nitrogens is 4. The van der Waals surface area contributed by atoms with Crippen LogP contribution < -0.4 is 26.2 Å². The van der Waals surface area contributed by atoms with E-state index in [1.165, 1.54) is 6.07 Å². The number of aliphatic hydroxyl groups excluding tert-OH is 1. The molecule has 1 saturated heterocycles. The highest BCUT2D eigenvalue weighted by atomic mass is 32.2. The minimum Gasteiger partial charge on any atom is -0.390 e. The van der Waals surface area contributed by atoms with E-state index in [4.69, 9.17) is 16.6 Å². The fraction of sp³-hybridized carbons (Fsp3) is 0.562. The molecular formula is C16H27N9O5S2. The van der Waals surface area contributed by atoms with Gasteiger partial charge < -0.3 is 21.5 Å². The fourth-order valence-corrected chi connectivity index (χ4v) is 6.32. The zero-order chi connectivity index (χ0) is 23.5. The number of nitrogens with zero attached hydrogens (tertiary/aromatic N) is 4. The number of aliphatic hydroxyl groups is 1. The number of nitrogens with one attached hydrogen (secondary N) is 2. The molecule has 16 heteroatoms. The molecule has 14 nitrogen and oxygen atoms in total. The maximum absolute atomic E-state index is 13.0. The van der Waals surface area contributed by atoms with Crippen LogP contribution in [0.3, 0.4) is 0 Å². The van der Waals surface area contributed by atoms with Crippen molar-refractivity contribution in [1.29, 1.82) is 0 Å². The molecule has 1 aromatic heterocycles. The average Bonchev–Trinajstić information content (AvgIpc) is 3.30. The summed E-state index contributed by atoms with van der Waals surface area (Å²) in [6.45, 7) is 1.01. The Balaban J connectivity index is 2.22. The highest BCUT2D eigenvalue weighted by Gasteiger charge is 2.34. The van der Waals surface area contributed by atoms with Gasteiger partial charge in [-0.25, -0.2) is 31.8 Å². The van der Waals surface area contributed by atoms with Crippen LogP contribution in [0.15, 0.2) is 21.9 Å². The Morgan fingerprint density at radius 2 is 2.03 bits per heavy atom. The van der Waals surface area contributed by atoms with Crippen LogP contribution in [0, 0.1) is 5.92 Å². The van der Waals surface area contributed by atoms with Crippen molar-refractivity contribution < 1.29 is 21.9 Å². The Kier molecular flexibility index (Phi) is 7.43.